The molecule has 0 saturated carbocycles. The van der Waals surface area contributed by atoms with Gasteiger partial charge in [-0.25, -0.2) is 0 Å². The zero-order valence-corrected chi connectivity index (χ0v) is 8.65. The maximum Gasteiger partial charge on any atom is 0.112 e. The fraction of sp³-hybridized carbons (Fsp3) is 0.636. The zero-order chi connectivity index (χ0) is 8.81. The van der Waals surface area contributed by atoms with E-state index in [1.165, 1.54) is 32.2 Å². The molecule has 0 saturated heterocycles. The van der Waals surface area contributed by atoms with Gasteiger partial charge in [-0.1, -0.05) is 20.3 Å². The summed E-state index contributed by atoms with van der Waals surface area (Å²) in [6, 6.07) is 0. The molecule has 1 heterocycles. The van der Waals surface area contributed by atoms with E-state index >= 15 is 0 Å². The van der Waals surface area contributed by atoms with Gasteiger partial charge in [0.15, 0.2) is 0 Å². The lowest BCUT2D eigenvalue weighted by Gasteiger charge is -2.12. The Bertz CT molecular complexity index is 185. The maximum absolute atomic E-state index is 2.28. The Balaban J connectivity index is 0.00000144. The lowest BCUT2D eigenvalue weighted by Crippen LogP contribution is -3.04. The Hall–Kier alpha value is -0.630. The second-order valence-corrected chi connectivity index (χ2v) is 3.43. The van der Waals surface area contributed by atoms with Crippen LogP contribution in [0.4, 0.5) is 0 Å². The van der Waals surface area contributed by atoms with Crippen molar-refractivity contribution < 1.29 is 9.60 Å². The molecule has 13 heavy (non-hydrogen) atoms. The van der Waals surface area contributed by atoms with E-state index in [2.05, 4.69) is 32.2 Å². The van der Waals surface area contributed by atoms with Gasteiger partial charge < -0.3 is 4.70 Å². The summed E-state index contributed by atoms with van der Waals surface area (Å²) < 4.78 is 0. The average molecular weight is 185 g/mol. The second-order valence-electron chi connectivity index (χ2n) is 3.43. The number of hydrogen-bond donors (Lipinski definition) is 1. The van der Waals surface area contributed by atoms with E-state index in [1.54, 1.807) is 10.6 Å². The highest BCUT2D eigenvalue weighted by Crippen LogP contribution is 2.03. The molecule has 0 spiro atoms. The Morgan fingerprint density at radius 2 is 2.00 bits per heavy atom. The summed E-state index contributed by atoms with van der Waals surface area (Å²) in [4.78, 5) is 1.57. The first-order valence-electron chi connectivity index (χ1n) is 5.12. The van der Waals surface area contributed by atoms with Gasteiger partial charge in [-0.3, -0.25) is 4.90 Å². The molecule has 0 aromatic rings. The Labute approximate surface area is 80.5 Å². The Kier molecular flexibility index (Phi) is 6.51. The standard InChI is InChI=1S/C11H19N.FH/c1-3-5-7-11-8-6-10-12(11)9-4-2;/h6,8,10H,3-5,7,9H2,1-2H3;1H. The van der Waals surface area contributed by atoms with E-state index in [-0.39, 0.29) is 4.70 Å². The fourth-order valence-corrected chi connectivity index (χ4v) is 1.62. The van der Waals surface area contributed by atoms with E-state index in [4.69, 9.17) is 0 Å². The van der Waals surface area contributed by atoms with Crippen molar-refractivity contribution >= 4 is 0 Å². The highest BCUT2D eigenvalue weighted by atomic mass is 19.0. The van der Waals surface area contributed by atoms with Gasteiger partial charge in [0.05, 0.1) is 12.7 Å². The number of allylic oxidation sites excluding steroid dienone is 3. The van der Waals surface area contributed by atoms with Crippen molar-refractivity contribution in [3.63, 3.8) is 0 Å². The summed E-state index contributed by atoms with van der Waals surface area (Å²) >= 11 is 0. The average Bonchev–Trinajstić information content (AvgIpc) is 2.50. The molecule has 0 aliphatic carbocycles. The molecule has 1 N–H and O–H groups in total. The molecule has 76 valence electrons. The van der Waals surface area contributed by atoms with E-state index in [1.807, 2.05) is 0 Å². The fourth-order valence-electron chi connectivity index (χ4n) is 1.62. The highest BCUT2D eigenvalue weighted by Gasteiger charge is 2.13. The number of hydrogen-bond acceptors (Lipinski definition) is 0. The van der Waals surface area contributed by atoms with Crippen molar-refractivity contribution in [2.45, 2.75) is 39.5 Å². The summed E-state index contributed by atoms with van der Waals surface area (Å²) in [5.41, 5.74) is 1.58. The Morgan fingerprint density at radius 1 is 1.23 bits per heavy atom. The van der Waals surface area contributed by atoms with Crippen LogP contribution in [0, 0.1) is 0 Å². The van der Waals surface area contributed by atoms with Gasteiger partial charge in [0.1, 0.15) is 5.70 Å². The minimum Gasteiger partial charge on any atom is -1.00 e. The molecule has 0 bridgehead atoms. The van der Waals surface area contributed by atoms with Crippen LogP contribution in [0.3, 0.4) is 0 Å². The second kappa shape index (κ2) is 6.84. The highest BCUT2D eigenvalue weighted by molar-refractivity contribution is 5.10. The van der Waals surface area contributed by atoms with Gasteiger partial charge in [-0.05, 0) is 18.9 Å². The molecular weight excluding hydrogens is 165 g/mol. The van der Waals surface area contributed by atoms with Crippen LogP contribution in [-0.2, 0) is 0 Å². The first-order chi connectivity index (χ1) is 5.88. The quantitative estimate of drug-likeness (QED) is 0.554. The molecule has 0 amide bonds. The van der Waals surface area contributed by atoms with Crippen molar-refractivity contribution in [2.24, 2.45) is 0 Å². The number of quaternary nitrogens is 1. The van der Waals surface area contributed by atoms with Gasteiger partial charge in [-0.15, -0.1) is 0 Å². The largest absolute Gasteiger partial charge is 1.00 e. The summed E-state index contributed by atoms with van der Waals surface area (Å²) in [5, 5.41) is 0. The number of nitrogens with one attached hydrogen (secondary N) is 1. The van der Waals surface area contributed by atoms with Crippen LogP contribution in [0.5, 0.6) is 0 Å². The first kappa shape index (κ1) is 12.4. The topological polar surface area (TPSA) is 4.44 Å². The first-order valence-corrected chi connectivity index (χ1v) is 5.12. The van der Waals surface area contributed by atoms with E-state index < -0.39 is 0 Å². The number of rotatable bonds is 5. The molecule has 0 fully saturated rings. The van der Waals surface area contributed by atoms with Gasteiger partial charge >= 0.3 is 0 Å². The number of unbranched alkanes of at least 4 members (excludes halogenated alkanes) is 1. The van der Waals surface area contributed by atoms with Crippen molar-refractivity contribution in [3.05, 3.63) is 24.0 Å². The van der Waals surface area contributed by atoms with E-state index in [0.29, 0.717) is 0 Å². The van der Waals surface area contributed by atoms with Crippen LogP contribution in [-0.4, -0.2) is 6.54 Å². The van der Waals surface area contributed by atoms with Crippen molar-refractivity contribution in [1.82, 2.24) is 0 Å². The van der Waals surface area contributed by atoms with Crippen LogP contribution in [0.1, 0.15) is 39.5 Å². The van der Waals surface area contributed by atoms with E-state index in [9.17, 15) is 0 Å². The van der Waals surface area contributed by atoms with Crippen LogP contribution < -0.4 is 9.60 Å². The van der Waals surface area contributed by atoms with Crippen LogP contribution >= 0.6 is 0 Å². The monoisotopic (exact) mass is 185 g/mol. The molecular formula is C11H20FN. The molecule has 0 aromatic carbocycles. The van der Waals surface area contributed by atoms with Gasteiger partial charge in [-0.2, -0.15) is 0 Å². The predicted octanol–water partition coefficient (Wildman–Crippen LogP) is -1.11. The van der Waals surface area contributed by atoms with Crippen molar-refractivity contribution in [2.75, 3.05) is 6.54 Å². The normalized spacial score (nSPS) is 19.8. The van der Waals surface area contributed by atoms with Crippen molar-refractivity contribution in [3.8, 4) is 0 Å². The third-order valence-corrected chi connectivity index (χ3v) is 2.33. The van der Waals surface area contributed by atoms with Gasteiger partial charge in [0.2, 0.25) is 0 Å². The van der Waals surface area contributed by atoms with E-state index in [0.717, 1.165) is 0 Å². The SMILES string of the molecule is CCCCC1=CC=C[NH+]1CCC.[F-]. The third kappa shape index (κ3) is 3.73. The third-order valence-electron chi connectivity index (χ3n) is 2.33. The molecule has 1 atom stereocenters. The van der Waals surface area contributed by atoms with Crippen LogP contribution in [0.2, 0.25) is 0 Å². The molecule has 1 rings (SSSR count). The summed E-state index contributed by atoms with van der Waals surface area (Å²) in [7, 11) is 0. The summed E-state index contributed by atoms with van der Waals surface area (Å²) in [5.74, 6) is 0. The van der Waals surface area contributed by atoms with Gasteiger partial charge in [0, 0.05) is 12.5 Å². The summed E-state index contributed by atoms with van der Waals surface area (Å²) in [6.07, 6.45) is 11.9. The molecule has 1 aliphatic heterocycles. The summed E-state index contributed by atoms with van der Waals surface area (Å²) in [6.45, 7) is 5.76. The lowest BCUT2D eigenvalue weighted by molar-refractivity contribution is -0.804. The minimum absolute atomic E-state index is 0. The minimum atomic E-state index is 0. The smallest absolute Gasteiger partial charge is 0.112 e. The lowest BCUT2D eigenvalue weighted by atomic mass is 10.2. The molecule has 1 unspecified atom stereocenters. The molecule has 1 nitrogen and oxygen atoms in total. The van der Waals surface area contributed by atoms with Crippen LogP contribution in [0.15, 0.2) is 24.0 Å². The van der Waals surface area contributed by atoms with Gasteiger partial charge in [0.25, 0.3) is 0 Å². The predicted molar refractivity (Wildman–Crippen MR) is 52.9 cm³/mol. The Morgan fingerprint density at radius 3 is 2.62 bits per heavy atom. The molecule has 0 radical (unpaired) electrons. The molecule has 2 heteroatoms. The molecule has 1 aliphatic rings. The number of halogens is 1. The maximum atomic E-state index is 2.28. The molecule has 0 aromatic heterocycles. The zero-order valence-electron chi connectivity index (χ0n) is 8.65. The van der Waals surface area contributed by atoms with Crippen LogP contribution in [0.25, 0.3) is 0 Å². The van der Waals surface area contributed by atoms with Crippen molar-refractivity contribution in [1.29, 1.82) is 0 Å².